The average molecular weight is 300 g/mol. The third kappa shape index (κ3) is 3.10. The molecule has 1 saturated heterocycles. The zero-order valence-electron chi connectivity index (χ0n) is 12.9. The van der Waals surface area contributed by atoms with E-state index < -0.39 is 0 Å². The first kappa shape index (κ1) is 14.6. The number of piperidine rings is 1. The molecule has 0 radical (unpaired) electrons. The second kappa shape index (κ2) is 6.17. The number of benzene rings is 1. The van der Waals surface area contributed by atoms with Crippen molar-refractivity contribution in [2.24, 2.45) is 0 Å². The van der Waals surface area contributed by atoms with Crippen LogP contribution in [0.3, 0.4) is 0 Å². The molecule has 0 saturated carbocycles. The Kier molecular flexibility index (Phi) is 4.09. The maximum absolute atomic E-state index is 12.0. The molecule has 1 aliphatic rings. The number of aryl methyl sites for hydroxylation is 1. The van der Waals surface area contributed by atoms with Gasteiger partial charge in [0.05, 0.1) is 0 Å². The molecule has 2 aromatic rings. The Labute approximate surface area is 129 Å². The first-order chi connectivity index (χ1) is 10.6. The Hall–Kier alpha value is -2.37. The highest BCUT2D eigenvalue weighted by atomic mass is 16.5. The molecular formula is C16H20N4O2. The van der Waals surface area contributed by atoms with E-state index in [9.17, 15) is 4.79 Å². The summed E-state index contributed by atoms with van der Waals surface area (Å²) in [6.45, 7) is 4.55. The van der Waals surface area contributed by atoms with E-state index in [0.29, 0.717) is 18.1 Å². The number of carbonyl (C=O) groups is 1. The highest BCUT2D eigenvalue weighted by Crippen LogP contribution is 2.25. The van der Waals surface area contributed by atoms with Crippen LogP contribution in [0.5, 0.6) is 0 Å². The number of amides is 1. The zero-order valence-corrected chi connectivity index (χ0v) is 12.9. The summed E-state index contributed by atoms with van der Waals surface area (Å²) in [6, 6.07) is 7.79. The Morgan fingerprint density at radius 1 is 1.36 bits per heavy atom. The molecule has 1 amide bonds. The summed E-state index contributed by atoms with van der Waals surface area (Å²) in [5.74, 6) is 1.37. The van der Waals surface area contributed by atoms with E-state index in [1.54, 1.807) is 6.92 Å². The largest absolute Gasteiger partial charge is 0.374 e. The van der Waals surface area contributed by atoms with Gasteiger partial charge in [-0.25, -0.2) is 0 Å². The molecule has 2 heterocycles. The molecule has 0 spiro atoms. The van der Waals surface area contributed by atoms with Gasteiger partial charge in [0.15, 0.2) is 5.82 Å². The minimum atomic E-state index is -0.0893. The molecule has 3 rings (SSSR count). The molecule has 0 aliphatic carbocycles. The van der Waals surface area contributed by atoms with Gasteiger partial charge >= 0.3 is 0 Å². The second-order valence-corrected chi connectivity index (χ2v) is 5.60. The van der Waals surface area contributed by atoms with Gasteiger partial charge in [0.1, 0.15) is 6.04 Å². The molecule has 1 atom stereocenters. The quantitative estimate of drug-likeness (QED) is 0.939. The molecular weight excluding hydrogens is 280 g/mol. The molecule has 1 aliphatic heterocycles. The van der Waals surface area contributed by atoms with Gasteiger partial charge < -0.3 is 14.7 Å². The molecule has 1 N–H and O–H groups in total. The summed E-state index contributed by atoms with van der Waals surface area (Å²) in [6.07, 6.45) is 2.68. The van der Waals surface area contributed by atoms with Crippen molar-refractivity contribution in [3.8, 4) is 0 Å². The van der Waals surface area contributed by atoms with E-state index in [1.807, 2.05) is 36.1 Å². The monoisotopic (exact) mass is 300 g/mol. The molecule has 22 heavy (non-hydrogen) atoms. The van der Waals surface area contributed by atoms with Gasteiger partial charge in [-0.2, -0.15) is 4.98 Å². The fourth-order valence-electron chi connectivity index (χ4n) is 2.64. The SMILES string of the molecule is Cc1noc([C@@H](C)Nc2cccc(N3CCCCC3=O)c2)n1. The first-order valence-corrected chi connectivity index (χ1v) is 7.60. The molecule has 6 nitrogen and oxygen atoms in total. The van der Waals surface area contributed by atoms with Gasteiger partial charge in [-0.15, -0.1) is 0 Å². The lowest BCUT2D eigenvalue weighted by molar-refractivity contribution is -0.119. The number of aromatic nitrogens is 2. The number of rotatable bonds is 4. The zero-order chi connectivity index (χ0) is 15.5. The summed E-state index contributed by atoms with van der Waals surface area (Å²) in [4.78, 5) is 18.1. The van der Waals surface area contributed by atoms with Gasteiger partial charge in [-0.05, 0) is 44.9 Å². The van der Waals surface area contributed by atoms with Crippen molar-refractivity contribution in [3.63, 3.8) is 0 Å². The molecule has 1 aromatic carbocycles. The maximum atomic E-state index is 12.0. The minimum absolute atomic E-state index is 0.0893. The fraction of sp³-hybridized carbons (Fsp3) is 0.438. The molecule has 1 aromatic heterocycles. The number of hydrogen-bond acceptors (Lipinski definition) is 5. The van der Waals surface area contributed by atoms with Crippen LogP contribution >= 0.6 is 0 Å². The Morgan fingerprint density at radius 3 is 2.95 bits per heavy atom. The topological polar surface area (TPSA) is 71.3 Å². The highest BCUT2D eigenvalue weighted by Gasteiger charge is 2.20. The first-order valence-electron chi connectivity index (χ1n) is 7.60. The molecule has 116 valence electrons. The predicted molar refractivity (Wildman–Crippen MR) is 83.7 cm³/mol. The van der Waals surface area contributed by atoms with E-state index >= 15 is 0 Å². The average Bonchev–Trinajstić information content (AvgIpc) is 2.95. The van der Waals surface area contributed by atoms with E-state index in [0.717, 1.165) is 30.8 Å². The van der Waals surface area contributed by atoms with Crippen LogP contribution in [0, 0.1) is 6.92 Å². The fourth-order valence-corrected chi connectivity index (χ4v) is 2.64. The second-order valence-electron chi connectivity index (χ2n) is 5.60. The lowest BCUT2D eigenvalue weighted by Crippen LogP contribution is -2.35. The summed E-state index contributed by atoms with van der Waals surface area (Å²) in [7, 11) is 0. The van der Waals surface area contributed by atoms with Crippen molar-refractivity contribution in [2.45, 2.75) is 39.2 Å². The summed E-state index contributed by atoms with van der Waals surface area (Å²) in [5.41, 5.74) is 1.86. The number of hydrogen-bond donors (Lipinski definition) is 1. The van der Waals surface area contributed by atoms with Crippen molar-refractivity contribution >= 4 is 17.3 Å². The molecule has 0 bridgehead atoms. The number of carbonyl (C=O) groups excluding carboxylic acids is 1. The normalized spacial score (nSPS) is 16.6. The van der Waals surface area contributed by atoms with Gasteiger partial charge in [0.2, 0.25) is 11.8 Å². The molecule has 0 unspecified atom stereocenters. The van der Waals surface area contributed by atoms with E-state index in [-0.39, 0.29) is 11.9 Å². The predicted octanol–water partition coefficient (Wildman–Crippen LogP) is 3.07. The van der Waals surface area contributed by atoms with Crippen molar-refractivity contribution in [2.75, 3.05) is 16.8 Å². The van der Waals surface area contributed by atoms with Gasteiger partial charge in [-0.1, -0.05) is 11.2 Å². The summed E-state index contributed by atoms with van der Waals surface area (Å²) >= 11 is 0. The smallest absolute Gasteiger partial charge is 0.248 e. The Morgan fingerprint density at radius 2 is 2.23 bits per heavy atom. The molecule has 1 fully saturated rings. The molecule has 6 heteroatoms. The van der Waals surface area contributed by atoms with E-state index in [4.69, 9.17) is 4.52 Å². The van der Waals surface area contributed by atoms with Gasteiger partial charge in [-0.3, -0.25) is 4.79 Å². The lowest BCUT2D eigenvalue weighted by atomic mass is 10.1. The standard InChI is InChI=1S/C16H20N4O2/c1-11(16-18-12(2)19-22-16)17-13-6-5-7-14(10-13)20-9-4-3-8-15(20)21/h5-7,10-11,17H,3-4,8-9H2,1-2H3/t11-/m1/s1. The van der Waals surface area contributed by atoms with E-state index in [1.165, 1.54) is 0 Å². The van der Waals surface area contributed by atoms with Crippen molar-refractivity contribution in [1.29, 1.82) is 0 Å². The van der Waals surface area contributed by atoms with Crippen LogP contribution in [0.25, 0.3) is 0 Å². The summed E-state index contributed by atoms with van der Waals surface area (Å²) < 4.78 is 5.17. The maximum Gasteiger partial charge on any atom is 0.248 e. The van der Waals surface area contributed by atoms with Crippen LogP contribution in [0.1, 0.15) is 43.9 Å². The van der Waals surface area contributed by atoms with Crippen LogP contribution in [-0.4, -0.2) is 22.6 Å². The lowest BCUT2D eigenvalue weighted by Gasteiger charge is -2.27. The van der Waals surface area contributed by atoms with Crippen LogP contribution < -0.4 is 10.2 Å². The van der Waals surface area contributed by atoms with Crippen molar-refractivity contribution in [1.82, 2.24) is 10.1 Å². The van der Waals surface area contributed by atoms with Gasteiger partial charge in [0.25, 0.3) is 0 Å². The highest BCUT2D eigenvalue weighted by molar-refractivity contribution is 5.94. The van der Waals surface area contributed by atoms with Crippen LogP contribution in [0.15, 0.2) is 28.8 Å². The Bertz CT molecular complexity index is 668. The number of nitrogens with one attached hydrogen (secondary N) is 1. The van der Waals surface area contributed by atoms with Crippen LogP contribution in [0.4, 0.5) is 11.4 Å². The van der Waals surface area contributed by atoms with E-state index in [2.05, 4.69) is 15.5 Å². The van der Waals surface area contributed by atoms with Crippen molar-refractivity contribution in [3.05, 3.63) is 36.0 Å². The van der Waals surface area contributed by atoms with Gasteiger partial charge in [0, 0.05) is 24.3 Å². The number of anilines is 2. The third-order valence-electron chi connectivity index (χ3n) is 3.78. The number of nitrogens with zero attached hydrogens (tertiary/aromatic N) is 3. The Balaban J connectivity index is 1.75. The third-order valence-corrected chi connectivity index (χ3v) is 3.78. The summed E-state index contributed by atoms with van der Waals surface area (Å²) in [5, 5.41) is 7.13. The minimum Gasteiger partial charge on any atom is -0.374 e. The van der Waals surface area contributed by atoms with Crippen molar-refractivity contribution < 1.29 is 9.32 Å². The van der Waals surface area contributed by atoms with Crippen LogP contribution in [0.2, 0.25) is 0 Å². The van der Waals surface area contributed by atoms with Crippen LogP contribution in [-0.2, 0) is 4.79 Å².